The maximum absolute atomic E-state index is 4.01. The minimum Gasteiger partial charge on any atom is -0.103 e. The van der Waals surface area contributed by atoms with E-state index < -0.39 is 0 Å². The third-order valence-corrected chi connectivity index (χ3v) is 2.27. The number of hydrogen-bond donors (Lipinski definition) is 0. The molecular weight excluding hydrogens is 156 g/mol. The van der Waals surface area contributed by atoms with E-state index in [-0.39, 0.29) is 0 Å². The van der Waals surface area contributed by atoms with Crippen LogP contribution in [0.5, 0.6) is 0 Å². The molecule has 0 atom stereocenters. The van der Waals surface area contributed by atoms with E-state index in [1.807, 2.05) is 6.08 Å². The zero-order valence-electron chi connectivity index (χ0n) is 8.26. The van der Waals surface area contributed by atoms with E-state index in [1.54, 1.807) is 0 Å². The summed E-state index contributed by atoms with van der Waals surface area (Å²) < 4.78 is 0. The molecule has 0 fully saturated rings. The smallest absolute Gasteiger partial charge is 0.0144 e. The minimum atomic E-state index is 0.955. The summed E-state index contributed by atoms with van der Waals surface area (Å²) in [6.07, 6.45) is 14.4. The SMILES string of the molecule is C=CCC(=C)CCC1=CCCC=C1. The topological polar surface area (TPSA) is 0 Å². The van der Waals surface area contributed by atoms with Gasteiger partial charge in [-0.1, -0.05) is 42.0 Å². The Bertz CT molecular complexity index is 241. The Labute approximate surface area is 81.4 Å². The van der Waals surface area contributed by atoms with Crippen molar-refractivity contribution in [2.45, 2.75) is 32.1 Å². The van der Waals surface area contributed by atoms with Crippen molar-refractivity contribution in [3.05, 3.63) is 48.6 Å². The van der Waals surface area contributed by atoms with Gasteiger partial charge in [0.2, 0.25) is 0 Å². The second-order valence-corrected chi connectivity index (χ2v) is 3.50. The summed E-state index contributed by atoms with van der Waals surface area (Å²) in [7, 11) is 0. The van der Waals surface area contributed by atoms with Crippen LogP contribution in [0.3, 0.4) is 0 Å². The molecule has 0 spiro atoms. The monoisotopic (exact) mass is 174 g/mol. The number of rotatable bonds is 5. The summed E-state index contributed by atoms with van der Waals surface area (Å²) in [5.41, 5.74) is 2.76. The van der Waals surface area contributed by atoms with Crippen molar-refractivity contribution in [2.75, 3.05) is 0 Å². The first kappa shape index (κ1) is 10.0. The summed E-state index contributed by atoms with van der Waals surface area (Å²) in [5, 5.41) is 0. The Kier molecular flexibility index (Phi) is 4.31. The van der Waals surface area contributed by atoms with Gasteiger partial charge in [0.25, 0.3) is 0 Å². The zero-order valence-corrected chi connectivity index (χ0v) is 8.26. The van der Waals surface area contributed by atoms with Crippen LogP contribution < -0.4 is 0 Å². The molecular formula is C13H18. The van der Waals surface area contributed by atoms with Crippen LogP contribution >= 0.6 is 0 Å². The average molecular weight is 174 g/mol. The first-order valence-electron chi connectivity index (χ1n) is 4.96. The highest BCUT2D eigenvalue weighted by Gasteiger charge is 1.98. The predicted molar refractivity (Wildman–Crippen MR) is 59.6 cm³/mol. The molecule has 0 saturated carbocycles. The maximum Gasteiger partial charge on any atom is -0.0144 e. The lowest BCUT2D eigenvalue weighted by Gasteiger charge is -2.07. The lowest BCUT2D eigenvalue weighted by atomic mass is 9.99. The molecule has 0 aromatic rings. The largest absolute Gasteiger partial charge is 0.103 e. The summed E-state index contributed by atoms with van der Waals surface area (Å²) in [6, 6.07) is 0. The van der Waals surface area contributed by atoms with Crippen molar-refractivity contribution in [3.8, 4) is 0 Å². The predicted octanol–water partition coefficient (Wildman–Crippen LogP) is 4.18. The van der Waals surface area contributed by atoms with Gasteiger partial charge in [-0.2, -0.15) is 0 Å². The van der Waals surface area contributed by atoms with Gasteiger partial charge in [-0.15, -0.1) is 6.58 Å². The van der Waals surface area contributed by atoms with Gasteiger partial charge in [0.15, 0.2) is 0 Å². The van der Waals surface area contributed by atoms with Crippen LogP contribution in [0.25, 0.3) is 0 Å². The van der Waals surface area contributed by atoms with Gasteiger partial charge < -0.3 is 0 Å². The molecule has 0 N–H and O–H groups in total. The standard InChI is InChI=1S/C13H18/c1-3-7-12(2)10-11-13-8-5-4-6-9-13/h3,5,8-9H,1-2,4,6-7,10-11H2. The van der Waals surface area contributed by atoms with E-state index in [9.17, 15) is 0 Å². The third kappa shape index (κ3) is 3.93. The van der Waals surface area contributed by atoms with Gasteiger partial charge in [-0.25, -0.2) is 0 Å². The Morgan fingerprint density at radius 2 is 2.31 bits per heavy atom. The molecule has 1 rings (SSSR count). The molecule has 13 heavy (non-hydrogen) atoms. The number of allylic oxidation sites excluding steroid dienone is 6. The first-order valence-corrected chi connectivity index (χ1v) is 4.96. The summed E-state index contributed by atoms with van der Waals surface area (Å²) >= 11 is 0. The highest BCUT2D eigenvalue weighted by molar-refractivity contribution is 5.23. The quantitative estimate of drug-likeness (QED) is 0.549. The summed E-state index contributed by atoms with van der Waals surface area (Å²) in [6.45, 7) is 7.71. The Morgan fingerprint density at radius 3 is 2.92 bits per heavy atom. The molecule has 1 aliphatic rings. The molecule has 0 unspecified atom stereocenters. The van der Waals surface area contributed by atoms with Crippen LogP contribution in [-0.4, -0.2) is 0 Å². The second kappa shape index (κ2) is 5.58. The fourth-order valence-corrected chi connectivity index (χ4v) is 1.48. The Morgan fingerprint density at radius 1 is 1.46 bits per heavy atom. The van der Waals surface area contributed by atoms with E-state index >= 15 is 0 Å². The van der Waals surface area contributed by atoms with Crippen LogP contribution in [0.1, 0.15) is 32.1 Å². The lowest BCUT2D eigenvalue weighted by Crippen LogP contribution is -1.87. The van der Waals surface area contributed by atoms with Crippen molar-refractivity contribution < 1.29 is 0 Å². The molecule has 0 amide bonds. The molecule has 0 bridgehead atoms. The van der Waals surface area contributed by atoms with E-state index in [4.69, 9.17) is 0 Å². The van der Waals surface area contributed by atoms with Crippen molar-refractivity contribution in [3.63, 3.8) is 0 Å². The summed E-state index contributed by atoms with van der Waals surface area (Å²) in [5.74, 6) is 0. The molecule has 0 nitrogen and oxygen atoms in total. The van der Waals surface area contributed by atoms with Crippen LogP contribution in [0, 0.1) is 0 Å². The molecule has 0 radical (unpaired) electrons. The van der Waals surface area contributed by atoms with Gasteiger partial charge in [-0.3, -0.25) is 0 Å². The lowest BCUT2D eigenvalue weighted by molar-refractivity contribution is 0.893. The second-order valence-electron chi connectivity index (χ2n) is 3.50. The van der Waals surface area contributed by atoms with E-state index in [1.165, 1.54) is 24.0 Å². The van der Waals surface area contributed by atoms with E-state index in [2.05, 4.69) is 31.4 Å². The fourth-order valence-electron chi connectivity index (χ4n) is 1.48. The van der Waals surface area contributed by atoms with Crippen LogP contribution in [0.15, 0.2) is 48.6 Å². The molecule has 0 aromatic heterocycles. The van der Waals surface area contributed by atoms with Gasteiger partial charge in [0.1, 0.15) is 0 Å². The Balaban J connectivity index is 2.25. The van der Waals surface area contributed by atoms with Crippen LogP contribution in [-0.2, 0) is 0 Å². The van der Waals surface area contributed by atoms with Crippen molar-refractivity contribution in [1.82, 2.24) is 0 Å². The van der Waals surface area contributed by atoms with Gasteiger partial charge in [0.05, 0.1) is 0 Å². The molecule has 0 aliphatic heterocycles. The van der Waals surface area contributed by atoms with Crippen molar-refractivity contribution in [1.29, 1.82) is 0 Å². The van der Waals surface area contributed by atoms with Gasteiger partial charge in [-0.05, 0) is 32.1 Å². The molecule has 1 aliphatic carbocycles. The first-order chi connectivity index (χ1) is 6.33. The normalized spacial score (nSPS) is 15.2. The molecule has 0 aromatic carbocycles. The van der Waals surface area contributed by atoms with E-state index in [0.717, 1.165) is 19.3 Å². The third-order valence-electron chi connectivity index (χ3n) is 2.27. The highest BCUT2D eigenvalue weighted by Crippen LogP contribution is 2.18. The maximum atomic E-state index is 4.01. The van der Waals surface area contributed by atoms with Gasteiger partial charge >= 0.3 is 0 Å². The van der Waals surface area contributed by atoms with Gasteiger partial charge in [0, 0.05) is 0 Å². The molecule has 0 saturated heterocycles. The number of hydrogen-bond acceptors (Lipinski definition) is 0. The minimum absolute atomic E-state index is 0.955. The summed E-state index contributed by atoms with van der Waals surface area (Å²) in [4.78, 5) is 0. The average Bonchev–Trinajstić information content (AvgIpc) is 2.17. The Hall–Kier alpha value is -1.04. The highest BCUT2D eigenvalue weighted by atomic mass is 14.0. The molecule has 0 heterocycles. The van der Waals surface area contributed by atoms with Crippen molar-refractivity contribution >= 4 is 0 Å². The zero-order chi connectivity index (χ0) is 9.52. The van der Waals surface area contributed by atoms with Crippen LogP contribution in [0.2, 0.25) is 0 Å². The fraction of sp³-hybridized carbons (Fsp3) is 0.385. The van der Waals surface area contributed by atoms with Crippen LogP contribution in [0.4, 0.5) is 0 Å². The molecule has 0 heteroatoms. The van der Waals surface area contributed by atoms with E-state index in [0.29, 0.717) is 0 Å². The molecule has 70 valence electrons. The van der Waals surface area contributed by atoms with Crippen molar-refractivity contribution in [2.24, 2.45) is 0 Å².